The maximum atomic E-state index is 5.45. The van der Waals surface area contributed by atoms with Crippen LogP contribution in [0.25, 0.3) is 0 Å². The number of likely N-dealkylation sites (N-methyl/N-ethyl adjacent to an activating group) is 1. The predicted molar refractivity (Wildman–Crippen MR) is 80.8 cm³/mol. The molecule has 0 aromatic heterocycles. The van der Waals surface area contributed by atoms with E-state index in [2.05, 4.69) is 33.4 Å². The van der Waals surface area contributed by atoms with Crippen molar-refractivity contribution < 1.29 is 9.47 Å². The molecule has 1 aliphatic rings. The van der Waals surface area contributed by atoms with E-state index < -0.39 is 0 Å². The van der Waals surface area contributed by atoms with Gasteiger partial charge in [-0.2, -0.15) is 0 Å². The summed E-state index contributed by atoms with van der Waals surface area (Å²) in [6.45, 7) is 1.85. The number of halogens is 1. The zero-order valence-electron chi connectivity index (χ0n) is 11.6. The van der Waals surface area contributed by atoms with Crippen LogP contribution >= 0.6 is 15.9 Å². The van der Waals surface area contributed by atoms with Crippen molar-refractivity contribution in [3.05, 3.63) is 28.2 Å². The van der Waals surface area contributed by atoms with Gasteiger partial charge in [-0.1, -0.05) is 6.07 Å². The number of rotatable bonds is 6. The molecule has 4 heteroatoms. The van der Waals surface area contributed by atoms with Gasteiger partial charge in [-0.3, -0.25) is 0 Å². The molecular weight excluding hydrogens is 306 g/mol. The van der Waals surface area contributed by atoms with Crippen molar-refractivity contribution in [1.29, 1.82) is 0 Å². The van der Waals surface area contributed by atoms with Crippen molar-refractivity contribution in [1.82, 2.24) is 5.32 Å². The van der Waals surface area contributed by atoms with E-state index in [-0.39, 0.29) is 0 Å². The normalized spacial score (nSPS) is 20.5. The molecule has 2 unspecified atom stereocenters. The first-order valence-electron chi connectivity index (χ1n) is 6.80. The molecule has 1 aromatic carbocycles. The van der Waals surface area contributed by atoms with Gasteiger partial charge in [-0.25, -0.2) is 0 Å². The fourth-order valence-electron chi connectivity index (χ4n) is 2.60. The fraction of sp³-hybridized carbons (Fsp3) is 0.600. The van der Waals surface area contributed by atoms with Crippen molar-refractivity contribution in [3.63, 3.8) is 0 Å². The molecule has 1 aliphatic heterocycles. The summed E-state index contributed by atoms with van der Waals surface area (Å²) in [5.41, 5.74) is 1.32. The van der Waals surface area contributed by atoms with Crippen LogP contribution in [0.4, 0.5) is 0 Å². The monoisotopic (exact) mass is 327 g/mol. The summed E-state index contributed by atoms with van der Waals surface area (Å²) >= 11 is 3.54. The summed E-state index contributed by atoms with van der Waals surface area (Å²) in [7, 11) is 3.73. The first-order chi connectivity index (χ1) is 9.22. The standard InChI is InChI=1S/C15H22BrNO2/c1-17-13(8-12-5-6-19-10-12)7-11-3-4-15(18-2)14(16)9-11/h3-4,9,12-13,17H,5-8,10H2,1-2H3. The second-order valence-electron chi connectivity index (χ2n) is 5.12. The lowest BCUT2D eigenvalue weighted by molar-refractivity contribution is 0.181. The Morgan fingerprint density at radius 1 is 1.53 bits per heavy atom. The molecular formula is C15H22BrNO2. The Hall–Kier alpha value is -0.580. The molecule has 0 radical (unpaired) electrons. The Labute approximate surface area is 123 Å². The van der Waals surface area contributed by atoms with Crippen molar-refractivity contribution in [2.24, 2.45) is 5.92 Å². The Balaban J connectivity index is 1.95. The lowest BCUT2D eigenvalue weighted by Gasteiger charge is -2.19. The highest BCUT2D eigenvalue weighted by molar-refractivity contribution is 9.10. The molecule has 2 rings (SSSR count). The van der Waals surface area contributed by atoms with Gasteiger partial charge in [0, 0.05) is 19.3 Å². The molecule has 0 amide bonds. The number of nitrogens with one attached hydrogen (secondary N) is 1. The van der Waals surface area contributed by atoms with Crippen molar-refractivity contribution in [2.45, 2.75) is 25.3 Å². The molecule has 3 nitrogen and oxygen atoms in total. The molecule has 0 saturated carbocycles. The van der Waals surface area contributed by atoms with Gasteiger partial charge in [0.05, 0.1) is 11.6 Å². The lowest BCUT2D eigenvalue weighted by Crippen LogP contribution is -2.30. The SMILES string of the molecule is CNC(Cc1ccc(OC)c(Br)c1)CC1CCOC1. The second kappa shape index (κ2) is 7.27. The van der Waals surface area contributed by atoms with Crippen molar-refractivity contribution in [2.75, 3.05) is 27.4 Å². The third-order valence-electron chi connectivity index (χ3n) is 3.75. The zero-order valence-corrected chi connectivity index (χ0v) is 13.2. The van der Waals surface area contributed by atoms with Gasteiger partial charge in [-0.15, -0.1) is 0 Å². The summed E-state index contributed by atoms with van der Waals surface area (Å²) < 4.78 is 11.7. The number of methoxy groups -OCH3 is 1. The van der Waals surface area contributed by atoms with Crippen LogP contribution in [0.5, 0.6) is 5.75 Å². The Kier molecular flexibility index (Phi) is 5.67. The minimum atomic E-state index is 0.506. The van der Waals surface area contributed by atoms with E-state index in [1.165, 1.54) is 18.4 Å². The van der Waals surface area contributed by atoms with Gasteiger partial charge in [-0.05, 0) is 65.9 Å². The van der Waals surface area contributed by atoms with E-state index in [9.17, 15) is 0 Å². The maximum absolute atomic E-state index is 5.45. The molecule has 0 spiro atoms. The predicted octanol–water partition coefficient (Wildman–Crippen LogP) is 3.01. The molecule has 1 N–H and O–H groups in total. The Bertz CT molecular complexity index is 405. The lowest BCUT2D eigenvalue weighted by atomic mass is 9.94. The summed E-state index contributed by atoms with van der Waals surface area (Å²) in [5.74, 6) is 1.59. The third kappa shape index (κ3) is 4.20. The van der Waals surface area contributed by atoms with E-state index in [0.29, 0.717) is 12.0 Å². The quantitative estimate of drug-likeness (QED) is 0.871. The summed E-state index contributed by atoms with van der Waals surface area (Å²) in [5, 5.41) is 3.42. The number of hydrogen-bond acceptors (Lipinski definition) is 3. The van der Waals surface area contributed by atoms with Crippen LogP contribution in [0.2, 0.25) is 0 Å². The molecule has 106 valence electrons. The van der Waals surface area contributed by atoms with Crippen LogP contribution in [0.3, 0.4) is 0 Å². The summed E-state index contributed by atoms with van der Waals surface area (Å²) in [6.07, 6.45) is 3.42. The smallest absolute Gasteiger partial charge is 0.133 e. The molecule has 1 aromatic rings. The van der Waals surface area contributed by atoms with Gasteiger partial charge < -0.3 is 14.8 Å². The highest BCUT2D eigenvalue weighted by Gasteiger charge is 2.20. The molecule has 1 fully saturated rings. The van der Waals surface area contributed by atoms with Gasteiger partial charge in [0.25, 0.3) is 0 Å². The van der Waals surface area contributed by atoms with E-state index in [0.717, 1.165) is 29.9 Å². The number of hydrogen-bond donors (Lipinski definition) is 1. The van der Waals surface area contributed by atoms with Crippen LogP contribution < -0.4 is 10.1 Å². The van der Waals surface area contributed by atoms with Crippen LogP contribution in [-0.4, -0.2) is 33.4 Å². The van der Waals surface area contributed by atoms with E-state index >= 15 is 0 Å². The molecule has 1 heterocycles. The van der Waals surface area contributed by atoms with E-state index in [4.69, 9.17) is 9.47 Å². The van der Waals surface area contributed by atoms with Gasteiger partial charge in [0.1, 0.15) is 5.75 Å². The Morgan fingerprint density at radius 2 is 2.37 bits per heavy atom. The van der Waals surface area contributed by atoms with Crippen molar-refractivity contribution in [3.8, 4) is 5.75 Å². The minimum Gasteiger partial charge on any atom is -0.496 e. The van der Waals surface area contributed by atoms with Crippen LogP contribution in [-0.2, 0) is 11.2 Å². The summed E-state index contributed by atoms with van der Waals surface area (Å²) in [6, 6.07) is 6.81. The Morgan fingerprint density at radius 3 is 2.95 bits per heavy atom. The fourth-order valence-corrected chi connectivity index (χ4v) is 3.18. The highest BCUT2D eigenvalue weighted by atomic mass is 79.9. The molecule has 2 atom stereocenters. The topological polar surface area (TPSA) is 30.5 Å². The molecule has 0 aliphatic carbocycles. The number of ether oxygens (including phenoxy) is 2. The molecule has 1 saturated heterocycles. The summed E-state index contributed by atoms with van der Waals surface area (Å²) in [4.78, 5) is 0. The average Bonchev–Trinajstić information content (AvgIpc) is 2.91. The average molecular weight is 328 g/mol. The van der Waals surface area contributed by atoms with Crippen LogP contribution in [0, 0.1) is 5.92 Å². The van der Waals surface area contributed by atoms with Gasteiger partial charge in [0.2, 0.25) is 0 Å². The van der Waals surface area contributed by atoms with Gasteiger partial charge in [0.15, 0.2) is 0 Å². The van der Waals surface area contributed by atoms with Crippen LogP contribution in [0.1, 0.15) is 18.4 Å². The van der Waals surface area contributed by atoms with E-state index in [1.54, 1.807) is 7.11 Å². The zero-order chi connectivity index (χ0) is 13.7. The molecule has 0 bridgehead atoms. The number of benzene rings is 1. The highest BCUT2D eigenvalue weighted by Crippen LogP contribution is 2.27. The second-order valence-corrected chi connectivity index (χ2v) is 5.98. The first-order valence-corrected chi connectivity index (χ1v) is 7.59. The first kappa shape index (κ1) is 14.8. The minimum absolute atomic E-state index is 0.506. The van der Waals surface area contributed by atoms with E-state index in [1.807, 2.05) is 13.1 Å². The van der Waals surface area contributed by atoms with Gasteiger partial charge >= 0.3 is 0 Å². The third-order valence-corrected chi connectivity index (χ3v) is 4.37. The maximum Gasteiger partial charge on any atom is 0.133 e. The molecule has 19 heavy (non-hydrogen) atoms. The largest absolute Gasteiger partial charge is 0.496 e. The van der Waals surface area contributed by atoms with Crippen LogP contribution in [0.15, 0.2) is 22.7 Å². The van der Waals surface area contributed by atoms with Crippen molar-refractivity contribution >= 4 is 15.9 Å².